The molecule has 1 aromatic carbocycles. The van der Waals surface area contributed by atoms with Crippen molar-refractivity contribution in [2.45, 2.75) is 19.9 Å². The van der Waals surface area contributed by atoms with Gasteiger partial charge in [-0.05, 0) is 26.0 Å². The number of ether oxygens (including phenoxy) is 1. The van der Waals surface area contributed by atoms with Gasteiger partial charge in [0.2, 0.25) is 5.88 Å². The van der Waals surface area contributed by atoms with E-state index in [0.717, 1.165) is 0 Å². The van der Waals surface area contributed by atoms with E-state index in [1.165, 1.54) is 0 Å². The monoisotopic (exact) mass is 343 g/mol. The van der Waals surface area contributed by atoms with Gasteiger partial charge in [0, 0.05) is 11.6 Å². The highest BCUT2D eigenvalue weighted by atomic mass is 19.1. The predicted molar refractivity (Wildman–Crippen MR) is 90.7 cm³/mol. The Morgan fingerprint density at radius 1 is 1.44 bits per heavy atom. The Labute approximate surface area is 144 Å². The van der Waals surface area contributed by atoms with Gasteiger partial charge in [-0.3, -0.25) is 4.79 Å². The van der Waals surface area contributed by atoms with E-state index >= 15 is 0 Å². The van der Waals surface area contributed by atoms with E-state index in [0.29, 0.717) is 11.1 Å². The van der Waals surface area contributed by atoms with Crippen molar-refractivity contribution in [2.75, 3.05) is 19.0 Å². The van der Waals surface area contributed by atoms with Crippen molar-refractivity contribution < 1.29 is 13.9 Å². The van der Waals surface area contributed by atoms with E-state index in [1.807, 2.05) is 6.07 Å². The summed E-state index contributed by atoms with van der Waals surface area (Å²) in [5, 5.41) is 11.7. The molecule has 2 rings (SSSR count). The molecule has 1 heterocycles. The van der Waals surface area contributed by atoms with E-state index in [2.05, 4.69) is 15.3 Å². The lowest BCUT2D eigenvalue weighted by Crippen LogP contribution is -2.31. The summed E-state index contributed by atoms with van der Waals surface area (Å²) < 4.78 is 17.8. The van der Waals surface area contributed by atoms with Crippen LogP contribution in [0.4, 0.5) is 10.2 Å². The Bertz CT molecular complexity index is 817. The van der Waals surface area contributed by atoms with Gasteiger partial charge in [-0.25, -0.2) is 9.37 Å². The van der Waals surface area contributed by atoms with Crippen molar-refractivity contribution in [3.63, 3.8) is 0 Å². The van der Waals surface area contributed by atoms with Crippen LogP contribution in [0.25, 0.3) is 11.4 Å². The fraction of sp³-hybridized carbons (Fsp3) is 0.294. The molecule has 1 aromatic heterocycles. The number of carbonyl (C=O) groups excluding carboxylic acids is 1. The molecule has 0 unspecified atom stereocenters. The Balaban J connectivity index is 2.52. The number of benzene rings is 1. The van der Waals surface area contributed by atoms with E-state index < -0.39 is 12.6 Å². The standard InChI is InChI=1S/C17H18FN5O2/c1-10(2)21-16(24)13-14(20)22-15(23-17(13)25-7-6-18)12-5-3-4-11(8-12)9-19/h3-5,8,10H,6-7H2,1-2H3,(H,21,24)(H2,20,22,23). The predicted octanol–water partition coefficient (Wildman–Crippen LogP) is 2.08. The smallest absolute Gasteiger partial charge is 0.260 e. The van der Waals surface area contributed by atoms with E-state index in [4.69, 9.17) is 15.7 Å². The lowest BCUT2D eigenvalue weighted by molar-refractivity contribution is 0.0938. The summed E-state index contributed by atoms with van der Waals surface area (Å²) in [7, 11) is 0. The number of nitrogens with zero attached hydrogens (tertiary/aromatic N) is 3. The van der Waals surface area contributed by atoms with Crippen LogP contribution in [-0.4, -0.2) is 35.2 Å². The lowest BCUT2D eigenvalue weighted by Gasteiger charge is -2.14. The summed E-state index contributed by atoms with van der Waals surface area (Å²) in [5.41, 5.74) is 6.85. The summed E-state index contributed by atoms with van der Waals surface area (Å²) >= 11 is 0. The fourth-order valence-electron chi connectivity index (χ4n) is 2.10. The minimum atomic E-state index is -0.742. The molecule has 0 saturated carbocycles. The fourth-order valence-corrected chi connectivity index (χ4v) is 2.10. The molecule has 0 aliphatic carbocycles. The highest BCUT2D eigenvalue weighted by Gasteiger charge is 2.22. The van der Waals surface area contributed by atoms with Crippen molar-refractivity contribution in [2.24, 2.45) is 0 Å². The number of nitrogen functional groups attached to an aromatic ring is 1. The zero-order chi connectivity index (χ0) is 18.4. The van der Waals surface area contributed by atoms with Gasteiger partial charge in [-0.1, -0.05) is 12.1 Å². The molecule has 8 heteroatoms. The van der Waals surface area contributed by atoms with Gasteiger partial charge in [0.15, 0.2) is 5.82 Å². The zero-order valence-corrected chi connectivity index (χ0v) is 13.9. The number of nitriles is 1. The van der Waals surface area contributed by atoms with Crippen molar-refractivity contribution in [3.8, 4) is 23.3 Å². The topological polar surface area (TPSA) is 114 Å². The minimum Gasteiger partial charge on any atom is -0.474 e. The second kappa shape index (κ2) is 8.06. The van der Waals surface area contributed by atoms with Gasteiger partial charge in [0.1, 0.15) is 24.7 Å². The second-order valence-corrected chi connectivity index (χ2v) is 5.47. The van der Waals surface area contributed by atoms with Gasteiger partial charge in [0.25, 0.3) is 5.91 Å². The molecule has 25 heavy (non-hydrogen) atoms. The Hall–Kier alpha value is -3.21. The average molecular weight is 343 g/mol. The molecule has 0 spiro atoms. The number of nitrogens with two attached hydrogens (primary N) is 1. The van der Waals surface area contributed by atoms with E-state index in [-0.39, 0.29) is 35.7 Å². The first-order chi connectivity index (χ1) is 12.0. The number of anilines is 1. The molecule has 130 valence electrons. The van der Waals surface area contributed by atoms with Gasteiger partial charge in [0.05, 0.1) is 11.6 Å². The van der Waals surface area contributed by atoms with Gasteiger partial charge in [-0.2, -0.15) is 10.2 Å². The maximum absolute atomic E-state index is 12.5. The van der Waals surface area contributed by atoms with Crippen LogP contribution in [0.15, 0.2) is 24.3 Å². The Kier molecular flexibility index (Phi) is 5.84. The highest BCUT2D eigenvalue weighted by molar-refractivity contribution is 6.01. The van der Waals surface area contributed by atoms with Gasteiger partial charge >= 0.3 is 0 Å². The number of carbonyl (C=O) groups is 1. The average Bonchev–Trinajstić information content (AvgIpc) is 2.58. The molecule has 0 aliphatic heterocycles. The van der Waals surface area contributed by atoms with Crippen LogP contribution in [0, 0.1) is 11.3 Å². The summed E-state index contributed by atoms with van der Waals surface area (Å²) in [4.78, 5) is 20.7. The molecule has 0 aliphatic rings. The number of hydrogen-bond donors (Lipinski definition) is 2. The van der Waals surface area contributed by atoms with Crippen LogP contribution in [0.1, 0.15) is 29.8 Å². The number of nitrogens with one attached hydrogen (secondary N) is 1. The SMILES string of the molecule is CC(C)NC(=O)c1c(N)nc(-c2cccc(C#N)c2)nc1OCCF. The molecule has 0 fully saturated rings. The van der Waals surface area contributed by atoms with Crippen molar-refractivity contribution in [3.05, 3.63) is 35.4 Å². The molecular weight excluding hydrogens is 325 g/mol. The maximum atomic E-state index is 12.5. The second-order valence-electron chi connectivity index (χ2n) is 5.47. The number of halogens is 1. The van der Waals surface area contributed by atoms with E-state index in [9.17, 15) is 9.18 Å². The lowest BCUT2D eigenvalue weighted by atomic mass is 10.1. The molecule has 7 nitrogen and oxygen atoms in total. The summed E-state index contributed by atoms with van der Waals surface area (Å²) in [5.74, 6) is -0.497. The van der Waals surface area contributed by atoms with Crippen LogP contribution in [0.5, 0.6) is 5.88 Å². The molecule has 0 atom stereocenters. The molecule has 0 radical (unpaired) electrons. The van der Waals surface area contributed by atoms with Crippen LogP contribution >= 0.6 is 0 Å². The summed E-state index contributed by atoms with van der Waals surface area (Å²) in [6.45, 7) is 2.57. The first kappa shape index (κ1) is 18.1. The number of amides is 1. The van der Waals surface area contributed by atoms with E-state index in [1.54, 1.807) is 38.1 Å². The third-order valence-electron chi connectivity index (χ3n) is 3.12. The molecule has 0 saturated heterocycles. The molecule has 0 bridgehead atoms. The van der Waals surface area contributed by atoms with Crippen molar-refractivity contribution >= 4 is 11.7 Å². The third-order valence-corrected chi connectivity index (χ3v) is 3.12. The minimum absolute atomic E-state index is 0.0395. The zero-order valence-electron chi connectivity index (χ0n) is 13.9. The van der Waals surface area contributed by atoms with Gasteiger partial charge < -0.3 is 15.8 Å². The van der Waals surface area contributed by atoms with Gasteiger partial charge in [-0.15, -0.1) is 0 Å². The highest BCUT2D eigenvalue weighted by Crippen LogP contribution is 2.26. The van der Waals surface area contributed by atoms with Crippen molar-refractivity contribution in [1.29, 1.82) is 5.26 Å². The number of hydrogen-bond acceptors (Lipinski definition) is 6. The molecular formula is C17H18FN5O2. The Morgan fingerprint density at radius 3 is 2.84 bits per heavy atom. The van der Waals surface area contributed by atoms with Crippen LogP contribution in [0.2, 0.25) is 0 Å². The Morgan fingerprint density at radius 2 is 2.20 bits per heavy atom. The number of rotatable bonds is 6. The largest absolute Gasteiger partial charge is 0.474 e. The number of aromatic nitrogens is 2. The summed E-state index contributed by atoms with van der Waals surface area (Å²) in [6, 6.07) is 8.48. The normalized spacial score (nSPS) is 10.4. The molecule has 2 aromatic rings. The quantitative estimate of drug-likeness (QED) is 0.830. The van der Waals surface area contributed by atoms with Crippen LogP contribution < -0.4 is 15.8 Å². The first-order valence-electron chi connectivity index (χ1n) is 7.64. The maximum Gasteiger partial charge on any atom is 0.260 e. The number of alkyl halides is 1. The molecule has 3 N–H and O–H groups in total. The van der Waals surface area contributed by atoms with Crippen LogP contribution in [-0.2, 0) is 0 Å². The summed E-state index contributed by atoms with van der Waals surface area (Å²) in [6.07, 6.45) is 0. The third kappa shape index (κ3) is 4.41. The van der Waals surface area contributed by atoms with Crippen molar-refractivity contribution in [1.82, 2.24) is 15.3 Å². The first-order valence-corrected chi connectivity index (χ1v) is 7.64. The molecule has 1 amide bonds. The van der Waals surface area contributed by atoms with Crippen LogP contribution in [0.3, 0.4) is 0 Å².